The molecule has 1 atom stereocenters. The number of nitrogens with two attached hydrogens (primary N) is 1. The highest BCUT2D eigenvalue weighted by atomic mass is 35.5. The standard InChI is InChI=1S/C14H24ClN3O/c1-4-14(5-2,19-6-3)13(18-16)9-11-7-8-17-10-12(11)15/h7-8,10,13,18H,4-6,9,16H2,1-3H3. The van der Waals surface area contributed by atoms with Crippen molar-refractivity contribution in [1.29, 1.82) is 0 Å². The van der Waals surface area contributed by atoms with E-state index >= 15 is 0 Å². The van der Waals surface area contributed by atoms with Crippen LogP contribution in [-0.2, 0) is 11.2 Å². The van der Waals surface area contributed by atoms with Crippen molar-refractivity contribution in [2.75, 3.05) is 6.61 Å². The number of rotatable bonds is 8. The molecular weight excluding hydrogens is 262 g/mol. The lowest BCUT2D eigenvalue weighted by atomic mass is 9.85. The van der Waals surface area contributed by atoms with Gasteiger partial charge in [-0.25, -0.2) is 0 Å². The third kappa shape index (κ3) is 3.89. The molecule has 19 heavy (non-hydrogen) atoms. The highest BCUT2D eigenvalue weighted by molar-refractivity contribution is 6.31. The summed E-state index contributed by atoms with van der Waals surface area (Å²) in [4.78, 5) is 4.00. The minimum Gasteiger partial charge on any atom is -0.374 e. The van der Waals surface area contributed by atoms with Crippen molar-refractivity contribution in [3.63, 3.8) is 0 Å². The number of nitrogens with zero attached hydrogens (tertiary/aromatic N) is 1. The molecule has 1 unspecified atom stereocenters. The Hall–Kier alpha value is -0.680. The summed E-state index contributed by atoms with van der Waals surface area (Å²) in [6.07, 6.45) is 5.92. The molecule has 0 amide bonds. The van der Waals surface area contributed by atoms with Gasteiger partial charge in [0.2, 0.25) is 0 Å². The minimum absolute atomic E-state index is 0.0161. The molecule has 0 aromatic carbocycles. The lowest BCUT2D eigenvalue weighted by Crippen LogP contribution is -2.55. The molecule has 0 fully saturated rings. The molecule has 1 aromatic heterocycles. The van der Waals surface area contributed by atoms with Gasteiger partial charge in [-0.2, -0.15) is 0 Å². The first kappa shape index (κ1) is 16.4. The molecule has 0 aliphatic carbocycles. The van der Waals surface area contributed by atoms with Crippen LogP contribution in [0.1, 0.15) is 39.2 Å². The largest absolute Gasteiger partial charge is 0.374 e. The van der Waals surface area contributed by atoms with Crippen LogP contribution in [0.4, 0.5) is 0 Å². The molecule has 0 spiro atoms. The van der Waals surface area contributed by atoms with Gasteiger partial charge in [0.1, 0.15) is 0 Å². The number of hydrazine groups is 1. The van der Waals surface area contributed by atoms with Crippen LogP contribution in [0.25, 0.3) is 0 Å². The van der Waals surface area contributed by atoms with E-state index in [0.717, 1.165) is 24.8 Å². The predicted octanol–water partition coefficient (Wildman–Crippen LogP) is 2.70. The molecule has 0 saturated carbocycles. The quantitative estimate of drug-likeness (QED) is 0.569. The Morgan fingerprint density at radius 2 is 2.11 bits per heavy atom. The lowest BCUT2D eigenvalue weighted by molar-refractivity contribution is -0.0719. The van der Waals surface area contributed by atoms with Gasteiger partial charge in [0.15, 0.2) is 0 Å². The van der Waals surface area contributed by atoms with Crippen molar-refractivity contribution in [1.82, 2.24) is 10.4 Å². The van der Waals surface area contributed by atoms with Crippen LogP contribution >= 0.6 is 11.6 Å². The van der Waals surface area contributed by atoms with Gasteiger partial charge in [-0.05, 0) is 37.8 Å². The van der Waals surface area contributed by atoms with E-state index in [0.29, 0.717) is 11.6 Å². The number of aromatic nitrogens is 1. The van der Waals surface area contributed by atoms with Crippen molar-refractivity contribution in [3.05, 3.63) is 29.0 Å². The Bertz CT molecular complexity index is 383. The molecule has 1 heterocycles. The normalized spacial score (nSPS) is 13.5. The van der Waals surface area contributed by atoms with Crippen molar-refractivity contribution in [3.8, 4) is 0 Å². The van der Waals surface area contributed by atoms with Gasteiger partial charge < -0.3 is 4.74 Å². The lowest BCUT2D eigenvalue weighted by Gasteiger charge is -2.39. The summed E-state index contributed by atoms with van der Waals surface area (Å²) in [6.45, 7) is 6.92. The van der Waals surface area contributed by atoms with E-state index in [-0.39, 0.29) is 11.6 Å². The summed E-state index contributed by atoms with van der Waals surface area (Å²) in [7, 11) is 0. The number of ether oxygens (including phenoxy) is 1. The topological polar surface area (TPSA) is 60.2 Å². The van der Waals surface area contributed by atoms with Crippen LogP contribution < -0.4 is 11.3 Å². The zero-order valence-corrected chi connectivity index (χ0v) is 12.7. The number of hydrogen-bond acceptors (Lipinski definition) is 4. The van der Waals surface area contributed by atoms with E-state index < -0.39 is 0 Å². The minimum atomic E-state index is -0.268. The van der Waals surface area contributed by atoms with Crippen molar-refractivity contribution in [2.24, 2.45) is 5.84 Å². The molecule has 0 aliphatic rings. The maximum absolute atomic E-state index is 6.17. The van der Waals surface area contributed by atoms with Gasteiger partial charge in [0.25, 0.3) is 0 Å². The molecule has 108 valence electrons. The van der Waals surface area contributed by atoms with E-state index in [2.05, 4.69) is 24.3 Å². The zero-order valence-electron chi connectivity index (χ0n) is 11.9. The van der Waals surface area contributed by atoms with Crippen LogP contribution in [0.3, 0.4) is 0 Å². The van der Waals surface area contributed by atoms with Crippen LogP contribution in [0.2, 0.25) is 5.02 Å². The second-order valence-corrected chi connectivity index (χ2v) is 5.00. The third-order valence-corrected chi connectivity index (χ3v) is 4.09. The molecule has 0 saturated heterocycles. The molecule has 3 N–H and O–H groups in total. The molecule has 0 bridgehead atoms. The van der Waals surface area contributed by atoms with Gasteiger partial charge in [-0.1, -0.05) is 25.4 Å². The van der Waals surface area contributed by atoms with Gasteiger partial charge >= 0.3 is 0 Å². The Morgan fingerprint density at radius 1 is 1.42 bits per heavy atom. The fraction of sp³-hybridized carbons (Fsp3) is 0.643. The Labute approximate surface area is 120 Å². The Morgan fingerprint density at radius 3 is 2.58 bits per heavy atom. The SMILES string of the molecule is CCOC(CC)(CC)C(Cc1ccncc1Cl)NN. The molecule has 1 rings (SSSR count). The van der Waals surface area contributed by atoms with Gasteiger partial charge in [-0.15, -0.1) is 0 Å². The second-order valence-electron chi connectivity index (χ2n) is 4.60. The predicted molar refractivity (Wildman–Crippen MR) is 79.0 cm³/mol. The van der Waals surface area contributed by atoms with E-state index in [1.807, 2.05) is 13.0 Å². The second kappa shape index (κ2) is 7.80. The molecule has 5 heteroatoms. The smallest absolute Gasteiger partial charge is 0.0846 e. The van der Waals surface area contributed by atoms with E-state index in [1.165, 1.54) is 0 Å². The number of halogens is 1. The van der Waals surface area contributed by atoms with Crippen molar-refractivity contribution < 1.29 is 4.74 Å². The highest BCUT2D eigenvalue weighted by Crippen LogP contribution is 2.28. The monoisotopic (exact) mass is 285 g/mol. The molecule has 1 aromatic rings. The average Bonchev–Trinajstić information content (AvgIpc) is 2.44. The fourth-order valence-electron chi connectivity index (χ4n) is 2.52. The third-order valence-electron chi connectivity index (χ3n) is 3.75. The highest BCUT2D eigenvalue weighted by Gasteiger charge is 2.36. The molecule has 0 aliphatic heterocycles. The van der Waals surface area contributed by atoms with Crippen molar-refractivity contribution >= 4 is 11.6 Å². The summed E-state index contributed by atoms with van der Waals surface area (Å²) in [5.74, 6) is 5.75. The van der Waals surface area contributed by atoms with Crippen LogP contribution in [0, 0.1) is 0 Å². The Kier molecular flexibility index (Phi) is 6.72. The number of hydrogen-bond donors (Lipinski definition) is 2. The molecular formula is C14H24ClN3O. The maximum Gasteiger partial charge on any atom is 0.0846 e. The number of nitrogens with one attached hydrogen (secondary N) is 1. The number of pyridine rings is 1. The first-order valence-corrected chi connectivity index (χ1v) is 7.19. The average molecular weight is 286 g/mol. The van der Waals surface area contributed by atoms with Crippen LogP contribution in [-0.4, -0.2) is 23.2 Å². The van der Waals surface area contributed by atoms with E-state index in [1.54, 1.807) is 12.4 Å². The fourth-order valence-corrected chi connectivity index (χ4v) is 2.72. The van der Waals surface area contributed by atoms with Gasteiger partial charge in [-0.3, -0.25) is 16.3 Å². The summed E-state index contributed by atoms with van der Waals surface area (Å²) < 4.78 is 5.99. The summed E-state index contributed by atoms with van der Waals surface area (Å²) in [5, 5.41) is 0.667. The van der Waals surface area contributed by atoms with Crippen molar-refractivity contribution in [2.45, 2.75) is 51.7 Å². The van der Waals surface area contributed by atoms with E-state index in [4.69, 9.17) is 22.2 Å². The molecule has 4 nitrogen and oxygen atoms in total. The van der Waals surface area contributed by atoms with Crippen LogP contribution in [0.5, 0.6) is 0 Å². The summed E-state index contributed by atoms with van der Waals surface area (Å²) >= 11 is 6.17. The maximum atomic E-state index is 6.17. The first-order chi connectivity index (χ1) is 9.13. The molecule has 0 radical (unpaired) electrons. The van der Waals surface area contributed by atoms with Crippen LogP contribution in [0.15, 0.2) is 18.5 Å². The van der Waals surface area contributed by atoms with Gasteiger partial charge in [0.05, 0.1) is 16.7 Å². The van der Waals surface area contributed by atoms with Gasteiger partial charge in [0, 0.05) is 19.0 Å². The summed E-state index contributed by atoms with van der Waals surface area (Å²) in [6, 6.07) is 1.94. The summed E-state index contributed by atoms with van der Waals surface area (Å²) in [5.41, 5.74) is 3.67. The zero-order chi connectivity index (χ0) is 14.3. The van der Waals surface area contributed by atoms with E-state index in [9.17, 15) is 0 Å². The first-order valence-electron chi connectivity index (χ1n) is 6.82. The Balaban J connectivity index is 2.95.